The van der Waals surface area contributed by atoms with Gasteiger partial charge in [-0.1, -0.05) is 77.7 Å². The standard InChI is InChI=1S/C21H18N4OS3/c26-18(23-19(17-12-7-13-27-17)15-8-3-1-4-9-15)14-28-21-25-24-20(29-21)22-16-10-5-2-6-11-16/h1-13,19H,14H2,(H,22,24)(H,23,26)/t19-/m1/s1. The number of benzene rings is 2. The first kappa shape index (κ1) is 19.6. The molecule has 0 saturated carbocycles. The highest BCUT2D eigenvalue weighted by atomic mass is 32.2. The minimum Gasteiger partial charge on any atom is -0.344 e. The van der Waals surface area contributed by atoms with Crippen LogP contribution >= 0.6 is 34.4 Å². The Morgan fingerprint density at radius 2 is 1.72 bits per heavy atom. The third-order valence-electron chi connectivity index (χ3n) is 4.02. The minimum atomic E-state index is -0.144. The van der Waals surface area contributed by atoms with E-state index in [4.69, 9.17) is 0 Å². The topological polar surface area (TPSA) is 66.9 Å². The smallest absolute Gasteiger partial charge is 0.231 e. The van der Waals surface area contributed by atoms with Crippen LogP contribution in [0, 0.1) is 0 Å². The quantitative estimate of drug-likeness (QED) is 0.364. The molecule has 0 aliphatic rings. The highest BCUT2D eigenvalue weighted by molar-refractivity contribution is 8.01. The fraction of sp³-hybridized carbons (Fsp3) is 0.0952. The number of anilines is 2. The van der Waals surface area contributed by atoms with Crippen LogP contribution in [0.5, 0.6) is 0 Å². The number of aromatic nitrogens is 2. The van der Waals surface area contributed by atoms with Crippen LogP contribution in [0.1, 0.15) is 16.5 Å². The van der Waals surface area contributed by atoms with Crippen molar-refractivity contribution in [3.05, 3.63) is 88.6 Å². The predicted molar refractivity (Wildman–Crippen MR) is 121 cm³/mol. The summed E-state index contributed by atoms with van der Waals surface area (Å²) in [5.74, 6) is 0.249. The van der Waals surface area contributed by atoms with Gasteiger partial charge < -0.3 is 10.6 Å². The van der Waals surface area contributed by atoms with E-state index in [2.05, 4.69) is 20.8 Å². The Morgan fingerprint density at radius 3 is 2.45 bits per heavy atom. The number of nitrogens with one attached hydrogen (secondary N) is 2. The molecule has 1 amide bonds. The van der Waals surface area contributed by atoms with E-state index in [1.54, 1.807) is 11.3 Å². The highest BCUT2D eigenvalue weighted by Crippen LogP contribution is 2.29. The van der Waals surface area contributed by atoms with E-state index >= 15 is 0 Å². The van der Waals surface area contributed by atoms with Crippen LogP contribution in [-0.4, -0.2) is 21.9 Å². The fourth-order valence-corrected chi connectivity index (χ4v) is 5.10. The van der Waals surface area contributed by atoms with E-state index in [1.807, 2.05) is 78.2 Å². The zero-order chi connectivity index (χ0) is 19.9. The van der Waals surface area contributed by atoms with Crippen molar-refractivity contribution in [3.8, 4) is 0 Å². The van der Waals surface area contributed by atoms with Crippen molar-refractivity contribution in [2.45, 2.75) is 10.4 Å². The lowest BCUT2D eigenvalue weighted by Gasteiger charge is -2.17. The minimum absolute atomic E-state index is 0.0370. The average molecular weight is 439 g/mol. The van der Waals surface area contributed by atoms with E-state index in [1.165, 1.54) is 23.1 Å². The van der Waals surface area contributed by atoms with Crippen LogP contribution in [0.2, 0.25) is 0 Å². The number of carbonyl (C=O) groups excluding carboxylic acids is 1. The van der Waals surface area contributed by atoms with E-state index in [0.29, 0.717) is 5.13 Å². The predicted octanol–water partition coefficient (Wildman–Crippen LogP) is 5.34. The molecule has 0 saturated heterocycles. The zero-order valence-corrected chi connectivity index (χ0v) is 17.8. The van der Waals surface area contributed by atoms with E-state index in [-0.39, 0.29) is 17.7 Å². The normalized spacial score (nSPS) is 11.7. The Kier molecular flexibility index (Phi) is 6.56. The molecular formula is C21H18N4OS3. The first-order valence-corrected chi connectivity index (χ1v) is 11.6. The molecule has 29 heavy (non-hydrogen) atoms. The molecule has 0 radical (unpaired) electrons. The lowest BCUT2D eigenvalue weighted by Crippen LogP contribution is -2.30. The van der Waals surface area contributed by atoms with E-state index < -0.39 is 0 Å². The maximum atomic E-state index is 12.6. The van der Waals surface area contributed by atoms with Gasteiger partial charge in [0, 0.05) is 10.6 Å². The molecule has 2 heterocycles. The van der Waals surface area contributed by atoms with Crippen molar-refractivity contribution >= 4 is 51.2 Å². The largest absolute Gasteiger partial charge is 0.344 e. The maximum absolute atomic E-state index is 12.6. The van der Waals surface area contributed by atoms with Gasteiger partial charge in [-0.15, -0.1) is 21.5 Å². The first-order valence-electron chi connectivity index (χ1n) is 8.94. The number of carbonyl (C=O) groups is 1. The van der Waals surface area contributed by atoms with Gasteiger partial charge in [0.1, 0.15) is 0 Å². The van der Waals surface area contributed by atoms with Crippen LogP contribution in [0.4, 0.5) is 10.8 Å². The van der Waals surface area contributed by atoms with E-state index in [9.17, 15) is 4.79 Å². The second-order valence-electron chi connectivity index (χ2n) is 6.08. The van der Waals surface area contributed by atoms with Crippen molar-refractivity contribution in [1.29, 1.82) is 0 Å². The molecule has 4 rings (SSSR count). The first-order chi connectivity index (χ1) is 14.3. The number of rotatable bonds is 8. The van der Waals surface area contributed by atoms with Gasteiger partial charge in [-0.3, -0.25) is 4.79 Å². The third-order valence-corrected chi connectivity index (χ3v) is 6.93. The fourth-order valence-electron chi connectivity index (χ4n) is 2.71. The summed E-state index contributed by atoms with van der Waals surface area (Å²) in [5.41, 5.74) is 2.03. The zero-order valence-electron chi connectivity index (χ0n) is 15.3. The van der Waals surface area contributed by atoms with Crippen molar-refractivity contribution < 1.29 is 4.79 Å². The van der Waals surface area contributed by atoms with Gasteiger partial charge in [-0.2, -0.15) is 0 Å². The SMILES string of the molecule is O=C(CSc1nnc(Nc2ccccc2)s1)N[C@H](c1ccccc1)c1cccs1. The van der Waals surface area contributed by atoms with Gasteiger partial charge >= 0.3 is 0 Å². The number of thiophene rings is 1. The van der Waals surface area contributed by atoms with Crippen LogP contribution in [0.3, 0.4) is 0 Å². The molecule has 0 unspecified atom stereocenters. The van der Waals surface area contributed by atoms with Crippen molar-refractivity contribution in [2.75, 3.05) is 11.1 Å². The molecule has 0 aliphatic heterocycles. The maximum Gasteiger partial charge on any atom is 0.231 e. The summed E-state index contributed by atoms with van der Waals surface area (Å²) in [7, 11) is 0. The summed E-state index contributed by atoms with van der Waals surface area (Å²) in [6, 6.07) is 23.7. The summed E-state index contributed by atoms with van der Waals surface area (Å²) >= 11 is 4.46. The molecule has 2 aromatic heterocycles. The molecule has 5 nitrogen and oxygen atoms in total. The Bertz CT molecular complexity index is 1040. The van der Waals surface area contributed by atoms with Gasteiger partial charge in [-0.25, -0.2) is 0 Å². The Labute approximate surface area is 181 Å². The summed E-state index contributed by atoms with van der Waals surface area (Å²) in [6.07, 6.45) is 0. The molecule has 8 heteroatoms. The summed E-state index contributed by atoms with van der Waals surface area (Å²) in [6.45, 7) is 0. The van der Waals surface area contributed by atoms with Gasteiger partial charge in [-0.05, 0) is 29.1 Å². The molecule has 0 aliphatic carbocycles. The van der Waals surface area contributed by atoms with Crippen LogP contribution in [0.25, 0.3) is 0 Å². The summed E-state index contributed by atoms with van der Waals surface area (Å²) < 4.78 is 0.756. The van der Waals surface area contributed by atoms with Gasteiger partial charge in [0.05, 0.1) is 11.8 Å². The molecule has 0 spiro atoms. The highest BCUT2D eigenvalue weighted by Gasteiger charge is 2.18. The Morgan fingerprint density at radius 1 is 0.966 bits per heavy atom. The molecule has 0 fully saturated rings. The van der Waals surface area contributed by atoms with E-state index in [0.717, 1.165) is 20.5 Å². The number of nitrogens with zero attached hydrogens (tertiary/aromatic N) is 2. The summed E-state index contributed by atoms with van der Waals surface area (Å²) in [4.78, 5) is 13.7. The Hall–Kier alpha value is -2.68. The van der Waals surface area contributed by atoms with Crippen LogP contribution in [0.15, 0.2) is 82.5 Å². The molecular weight excluding hydrogens is 420 g/mol. The molecule has 0 bridgehead atoms. The van der Waals surface area contributed by atoms with Gasteiger partial charge in [0.25, 0.3) is 0 Å². The Balaban J connectivity index is 1.35. The second-order valence-corrected chi connectivity index (χ2v) is 9.26. The average Bonchev–Trinajstić information content (AvgIpc) is 3.44. The lowest BCUT2D eigenvalue weighted by atomic mass is 10.1. The van der Waals surface area contributed by atoms with Crippen molar-refractivity contribution in [1.82, 2.24) is 15.5 Å². The van der Waals surface area contributed by atoms with Crippen molar-refractivity contribution in [2.24, 2.45) is 0 Å². The van der Waals surface area contributed by atoms with Crippen LogP contribution < -0.4 is 10.6 Å². The number of thioether (sulfide) groups is 1. The monoisotopic (exact) mass is 438 g/mol. The molecule has 4 aromatic rings. The molecule has 1 atom stereocenters. The molecule has 2 N–H and O–H groups in total. The second kappa shape index (κ2) is 9.69. The number of hydrogen-bond donors (Lipinski definition) is 2. The number of para-hydroxylation sites is 1. The summed E-state index contributed by atoms with van der Waals surface area (Å²) in [5, 5.41) is 17.4. The van der Waals surface area contributed by atoms with Gasteiger partial charge in [0.15, 0.2) is 4.34 Å². The number of amides is 1. The number of hydrogen-bond acceptors (Lipinski definition) is 7. The third kappa shape index (κ3) is 5.44. The lowest BCUT2D eigenvalue weighted by molar-refractivity contribution is -0.119. The van der Waals surface area contributed by atoms with Crippen molar-refractivity contribution in [3.63, 3.8) is 0 Å². The van der Waals surface area contributed by atoms with Gasteiger partial charge in [0.2, 0.25) is 11.0 Å². The molecule has 2 aromatic carbocycles. The van der Waals surface area contributed by atoms with Crippen LogP contribution in [-0.2, 0) is 4.79 Å². The molecule has 146 valence electrons.